The topological polar surface area (TPSA) is 200 Å². The molecule has 1 fully saturated rings. The van der Waals surface area contributed by atoms with E-state index in [-0.39, 0.29) is 34.9 Å². The molecule has 1 aliphatic carbocycles. The zero-order chi connectivity index (χ0) is 28.7. The van der Waals surface area contributed by atoms with Crippen molar-refractivity contribution in [3.63, 3.8) is 0 Å². The number of fused-ring (bicyclic) bond motifs is 1. The molecule has 6 N–H and O–H groups in total. The first-order valence-corrected chi connectivity index (χ1v) is 13.2. The van der Waals surface area contributed by atoms with Crippen LogP contribution in [0.25, 0.3) is 11.2 Å². The monoisotopic (exact) mass is 579 g/mol. The Morgan fingerprint density at radius 2 is 1.56 bits per heavy atom. The zero-order valence-electron chi connectivity index (χ0n) is 21.4. The third-order valence-corrected chi connectivity index (χ3v) is 7.51. The van der Waals surface area contributed by atoms with Gasteiger partial charge in [-0.1, -0.05) is 24.3 Å². The number of halogens is 1. The minimum absolute atomic E-state index is 0.0392. The Hall–Kier alpha value is -4.37. The number of imidazole rings is 1. The number of nitrogens with zero attached hydrogens (tertiary/aromatic N) is 8. The third kappa shape index (κ3) is 5.13. The summed E-state index contributed by atoms with van der Waals surface area (Å²) < 4.78 is 1.64. The number of hydrogen-bond acceptors (Lipinski definition) is 12. The molecule has 0 unspecified atom stereocenters. The van der Waals surface area contributed by atoms with Gasteiger partial charge in [0.1, 0.15) is 36.4 Å². The molecule has 0 saturated heterocycles. The average molecular weight is 580 g/mol. The maximum Gasteiger partial charge on any atom is 0.226 e. The van der Waals surface area contributed by atoms with E-state index in [0.717, 1.165) is 11.1 Å². The van der Waals surface area contributed by atoms with Gasteiger partial charge in [-0.25, -0.2) is 4.98 Å². The molecule has 6 rings (SSSR count). The quantitative estimate of drug-likeness (QED) is 0.145. The predicted octanol–water partition coefficient (Wildman–Crippen LogP) is 1.52. The summed E-state index contributed by atoms with van der Waals surface area (Å²) in [5.74, 6) is 0.591. The van der Waals surface area contributed by atoms with Gasteiger partial charge in [0.2, 0.25) is 5.28 Å². The van der Waals surface area contributed by atoms with Crippen LogP contribution in [0.2, 0.25) is 5.28 Å². The molecule has 0 radical (unpaired) electrons. The lowest BCUT2D eigenvalue weighted by Gasteiger charge is -2.20. The van der Waals surface area contributed by atoms with Gasteiger partial charge < -0.3 is 35.4 Å². The van der Waals surface area contributed by atoms with Crippen LogP contribution in [0.1, 0.15) is 41.4 Å². The molecule has 0 bridgehead atoms. The fourth-order valence-corrected chi connectivity index (χ4v) is 5.41. The first-order chi connectivity index (χ1) is 19.8. The number of aromatic nitrogens is 8. The lowest BCUT2D eigenvalue weighted by atomic mass is 9.91. The summed E-state index contributed by atoms with van der Waals surface area (Å²) >= 11 is 6.33. The second kappa shape index (κ2) is 10.9. The van der Waals surface area contributed by atoms with Crippen LogP contribution >= 0.6 is 11.6 Å². The van der Waals surface area contributed by atoms with E-state index in [1.54, 1.807) is 28.8 Å². The second-order valence-corrected chi connectivity index (χ2v) is 10.2. The largest absolute Gasteiger partial charge is 0.508 e. The molecule has 1 aliphatic rings. The molecule has 1 saturated carbocycles. The standard InChI is InChI=1S/C26H26ClN9O5/c27-26-30-24(28-10-17(13-1-5-15(38)6-2-13)14-3-7-16(39)8-4-14)21-25(31-26)35(12-29-21)18-9-19(23(41)22(18)40)36-33-20(11-37)32-34-36/h1-8,12,17-19,22-23,37-41H,9-11H2,(H,28,30,31)/t18-,19+,22+,23-/m1/s1. The lowest BCUT2D eigenvalue weighted by molar-refractivity contribution is 0.00469. The number of hydrogen-bond donors (Lipinski definition) is 6. The maximum absolute atomic E-state index is 10.9. The van der Waals surface area contributed by atoms with Gasteiger partial charge in [-0.05, 0) is 58.6 Å². The van der Waals surface area contributed by atoms with Gasteiger partial charge in [0.15, 0.2) is 22.8 Å². The molecule has 3 heterocycles. The Morgan fingerprint density at radius 1 is 0.927 bits per heavy atom. The number of phenols is 2. The van der Waals surface area contributed by atoms with E-state index in [4.69, 9.17) is 11.6 Å². The summed E-state index contributed by atoms with van der Waals surface area (Å²) in [7, 11) is 0. The van der Waals surface area contributed by atoms with Crippen molar-refractivity contribution in [2.45, 2.75) is 43.2 Å². The molecule has 2 aromatic carbocycles. The molecule has 0 aliphatic heterocycles. The van der Waals surface area contributed by atoms with Gasteiger partial charge in [0, 0.05) is 12.5 Å². The Morgan fingerprint density at radius 3 is 2.17 bits per heavy atom. The Balaban J connectivity index is 1.30. The minimum atomic E-state index is -1.20. The van der Waals surface area contributed by atoms with Gasteiger partial charge in [-0.3, -0.25) is 0 Å². The smallest absolute Gasteiger partial charge is 0.226 e. The van der Waals surface area contributed by atoms with E-state index < -0.39 is 30.9 Å². The molecule has 4 atom stereocenters. The minimum Gasteiger partial charge on any atom is -0.508 e. The first-order valence-electron chi connectivity index (χ1n) is 12.8. The number of nitrogens with one attached hydrogen (secondary N) is 1. The van der Waals surface area contributed by atoms with Crippen molar-refractivity contribution in [3.8, 4) is 11.5 Å². The van der Waals surface area contributed by atoms with Crippen LogP contribution in [-0.2, 0) is 6.61 Å². The van der Waals surface area contributed by atoms with E-state index in [2.05, 4.69) is 35.7 Å². The predicted molar refractivity (Wildman–Crippen MR) is 145 cm³/mol. The fraction of sp³-hybridized carbons (Fsp3) is 0.308. The van der Waals surface area contributed by atoms with Gasteiger partial charge in [-0.2, -0.15) is 14.8 Å². The van der Waals surface area contributed by atoms with Gasteiger partial charge in [0.05, 0.1) is 12.4 Å². The van der Waals surface area contributed by atoms with Crippen LogP contribution in [0.4, 0.5) is 5.82 Å². The number of anilines is 1. The SMILES string of the molecule is OCc1nnn([C@H]2C[C@@H](n3cnc4c(NCC(c5ccc(O)cc5)c5ccc(O)cc5)nc(Cl)nc43)[C@H](O)[C@@H]2O)n1. The summed E-state index contributed by atoms with van der Waals surface area (Å²) in [6.07, 6.45) is -0.651. The summed E-state index contributed by atoms with van der Waals surface area (Å²) in [5, 5.41) is 65.5. The van der Waals surface area contributed by atoms with Crippen LogP contribution in [0, 0.1) is 0 Å². The van der Waals surface area contributed by atoms with Crippen molar-refractivity contribution >= 4 is 28.6 Å². The van der Waals surface area contributed by atoms with Gasteiger partial charge in [0.25, 0.3) is 0 Å². The second-order valence-electron chi connectivity index (χ2n) is 9.82. The van der Waals surface area contributed by atoms with Crippen molar-refractivity contribution in [1.29, 1.82) is 0 Å². The molecule has 14 nitrogen and oxygen atoms in total. The van der Waals surface area contributed by atoms with Crippen LogP contribution in [-0.4, -0.2) is 84.0 Å². The Labute approximate surface area is 237 Å². The lowest BCUT2D eigenvalue weighted by Crippen LogP contribution is -2.31. The molecule has 212 valence electrons. The van der Waals surface area contributed by atoms with Crippen LogP contribution in [0.3, 0.4) is 0 Å². The number of aliphatic hydroxyl groups excluding tert-OH is 3. The van der Waals surface area contributed by atoms with E-state index in [0.29, 0.717) is 23.5 Å². The first kappa shape index (κ1) is 26.8. The Bertz CT molecular complexity index is 1620. The number of aromatic hydroxyl groups is 2. The summed E-state index contributed by atoms with van der Waals surface area (Å²) in [6.45, 7) is -0.0324. The average Bonchev–Trinajstić information content (AvgIpc) is 3.68. The van der Waals surface area contributed by atoms with E-state index in [9.17, 15) is 25.5 Å². The molecule has 41 heavy (non-hydrogen) atoms. The van der Waals surface area contributed by atoms with Gasteiger partial charge >= 0.3 is 0 Å². The summed E-state index contributed by atoms with van der Waals surface area (Å²) in [6, 6.07) is 12.4. The molecule has 15 heteroatoms. The van der Waals surface area contributed by atoms with Gasteiger partial charge in [-0.15, -0.1) is 10.2 Å². The molecule has 0 spiro atoms. The zero-order valence-corrected chi connectivity index (χ0v) is 22.2. The number of benzene rings is 2. The van der Waals surface area contributed by atoms with E-state index >= 15 is 0 Å². The van der Waals surface area contributed by atoms with E-state index in [1.807, 2.05) is 24.3 Å². The third-order valence-electron chi connectivity index (χ3n) is 7.35. The summed E-state index contributed by atoms with van der Waals surface area (Å²) in [5.41, 5.74) is 2.61. The van der Waals surface area contributed by atoms with Crippen molar-refractivity contribution in [3.05, 3.63) is 77.1 Å². The highest BCUT2D eigenvalue weighted by molar-refractivity contribution is 6.28. The number of aliphatic hydroxyl groups is 3. The van der Waals surface area contributed by atoms with Crippen molar-refractivity contribution in [2.75, 3.05) is 11.9 Å². The van der Waals surface area contributed by atoms with Crippen LogP contribution in [0.5, 0.6) is 11.5 Å². The van der Waals surface area contributed by atoms with Crippen molar-refractivity contribution in [1.82, 2.24) is 39.7 Å². The molecule has 5 aromatic rings. The normalized spacial score (nSPS) is 20.7. The van der Waals surface area contributed by atoms with Crippen LogP contribution in [0.15, 0.2) is 54.9 Å². The van der Waals surface area contributed by atoms with E-state index in [1.165, 1.54) is 11.1 Å². The Kier molecular flexibility index (Phi) is 7.13. The molecule has 0 amide bonds. The highest BCUT2D eigenvalue weighted by Gasteiger charge is 2.45. The molecular weight excluding hydrogens is 554 g/mol. The number of tetrazole rings is 1. The fourth-order valence-electron chi connectivity index (χ4n) is 5.25. The molecule has 3 aromatic heterocycles. The summed E-state index contributed by atoms with van der Waals surface area (Å²) in [4.78, 5) is 14.4. The highest BCUT2D eigenvalue weighted by Crippen LogP contribution is 2.39. The number of phenolic OH excluding ortho intramolecular Hbond substituents is 2. The highest BCUT2D eigenvalue weighted by atomic mass is 35.5. The van der Waals surface area contributed by atoms with Crippen LogP contribution < -0.4 is 5.32 Å². The molecular formula is C26H26ClN9O5. The number of rotatable bonds is 8. The van der Waals surface area contributed by atoms with Crippen molar-refractivity contribution in [2.24, 2.45) is 0 Å². The maximum atomic E-state index is 10.9. The van der Waals surface area contributed by atoms with Crippen molar-refractivity contribution < 1.29 is 25.5 Å².